The predicted molar refractivity (Wildman–Crippen MR) is 63.5 cm³/mol. The van der Waals surface area contributed by atoms with Crippen molar-refractivity contribution in [1.82, 2.24) is 15.3 Å². The summed E-state index contributed by atoms with van der Waals surface area (Å²) in [7, 11) is 0. The molecule has 1 atom stereocenters. The van der Waals surface area contributed by atoms with E-state index in [2.05, 4.69) is 15.3 Å². The molecule has 1 amide bonds. The summed E-state index contributed by atoms with van der Waals surface area (Å²) in [6, 6.07) is 0. The van der Waals surface area contributed by atoms with Crippen LogP contribution in [-0.2, 0) is 16.0 Å². The van der Waals surface area contributed by atoms with Crippen LogP contribution in [0.15, 0.2) is 12.4 Å². The van der Waals surface area contributed by atoms with Gasteiger partial charge in [0.05, 0.1) is 0 Å². The zero-order chi connectivity index (χ0) is 11.9. The van der Waals surface area contributed by atoms with E-state index >= 15 is 0 Å². The van der Waals surface area contributed by atoms with Gasteiger partial charge in [-0.25, -0.2) is 4.98 Å². The highest BCUT2D eigenvalue weighted by Crippen LogP contribution is 2.12. The van der Waals surface area contributed by atoms with Crippen LogP contribution >= 0.6 is 0 Å². The van der Waals surface area contributed by atoms with Crippen LogP contribution in [0, 0.1) is 0 Å². The van der Waals surface area contributed by atoms with Gasteiger partial charge in [-0.2, -0.15) is 0 Å². The molecule has 94 valence electrons. The topological polar surface area (TPSA) is 67.0 Å². The van der Waals surface area contributed by atoms with Crippen molar-refractivity contribution in [3.8, 4) is 0 Å². The molecule has 1 aliphatic heterocycles. The Morgan fingerprint density at radius 1 is 1.59 bits per heavy atom. The van der Waals surface area contributed by atoms with Crippen molar-refractivity contribution < 1.29 is 9.53 Å². The van der Waals surface area contributed by atoms with Gasteiger partial charge in [0.15, 0.2) is 0 Å². The molecule has 1 aromatic heterocycles. The molecule has 2 N–H and O–H groups in total. The maximum Gasteiger partial charge on any atom is 0.249 e. The van der Waals surface area contributed by atoms with Crippen LogP contribution < -0.4 is 5.32 Å². The van der Waals surface area contributed by atoms with E-state index in [0.717, 1.165) is 37.9 Å². The molecule has 2 rings (SSSR count). The molecule has 0 radical (unpaired) electrons. The maximum absolute atomic E-state index is 11.7. The van der Waals surface area contributed by atoms with Crippen molar-refractivity contribution in [2.75, 3.05) is 13.2 Å². The molecule has 17 heavy (non-hydrogen) atoms. The Morgan fingerprint density at radius 3 is 3.24 bits per heavy atom. The number of H-pyrrole nitrogens is 1. The van der Waals surface area contributed by atoms with Crippen LogP contribution in [-0.4, -0.2) is 35.1 Å². The second-order valence-corrected chi connectivity index (χ2v) is 4.29. The third-order valence-electron chi connectivity index (χ3n) is 2.92. The van der Waals surface area contributed by atoms with Gasteiger partial charge >= 0.3 is 0 Å². The van der Waals surface area contributed by atoms with Crippen molar-refractivity contribution in [1.29, 1.82) is 0 Å². The Kier molecular flexibility index (Phi) is 4.55. The highest BCUT2D eigenvalue weighted by Gasteiger charge is 2.21. The Hall–Kier alpha value is -1.36. The molecule has 5 heteroatoms. The van der Waals surface area contributed by atoms with Crippen LogP contribution in [0.25, 0.3) is 0 Å². The summed E-state index contributed by atoms with van der Waals surface area (Å²) in [5, 5.41) is 2.91. The predicted octanol–water partition coefficient (Wildman–Crippen LogP) is 1.03. The molecule has 0 spiro atoms. The van der Waals surface area contributed by atoms with Gasteiger partial charge in [0.1, 0.15) is 11.9 Å². The number of carbonyl (C=O) groups is 1. The van der Waals surface area contributed by atoms with E-state index in [0.29, 0.717) is 13.2 Å². The number of hydrogen-bond acceptors (Lipinski definition) is 3. The normalized spacial score (nSPS) is 20.1. The molecule has 2 heterocycles. The molecule has 0 aromatic carbocycles. The summed E-state index contributed by atoms with van der Waals surface area (Å²) in [6.07, 6.45) is 8.09. The zero-order valence-corrected chi connectivity index (χ0v) is 9.95. The van der Waals surface area contributed by atoms with Crippen LogP contribution in [0.3, 0.4) is 0 Å². The van der Waals surface area contributed by atoms with Crippen LogP contribution in [0.5, 0.6) is 0 Å². The Balaban J connectivity index is 1.59. The number of hydrogen-bond donors (Lipinski definition) is 2. The van der Waals surface area contributed by atoms with E-state index in [1.807, 2.05) is 6.20 Å². The average molecular weight is 237 g/mol. The number of nitrogens with one attached hydrogen (secondary N) is 2. The van der Waals surface area contributed by atoms with Gasteiger partial charge in [-0.05, 0) is 25.7 Å². The van der Waals surface area contributed by atoms with Gasteiger partial charge in [0, 0.05) is 32.0 Å². The summed E-state index contributed by atoms with van der Waals surface area (Å²) >= 11 is 0. The highest BCUT2D eigenvalue weighted by molar-refractivity contribution is 5.80. The number of amides is 1. The first-order chi connectivity index (χ1) is 8.36. The maximum atomic E-state index is 11.7. The number of carbonyl (C=O) groups excluding carboxylic acids is 1. The molecule has 1 fully saturated rings. The lowest BCUT2D eigenvalue weighted by molar-refractivity contribution is -0.135. The zero-order valence-electron chi connectivity index (χ0n) is 9.95. The fourth-order valence-corrected chi connectivity index (χ4v) is 1.96. The number of aromatic nitrogens is 2. The molecule has 5 nitrogen and oxygen atoms in total. The van der Waals surface area contributed by atoms with Gasteiger partial charge < -0.3 is 15.0 Å². The molecule has 1 aromatic rings. The van der Waals surface area contributed by atoms with Gasteiger partial charge in [-0.3, -0.25) is 4.79 Å². The SMILES string of the molecule is O=C(NCCCc1ncc[nH]1)C1CCCCO1. The Labute approximate surface area is 101 Å². The summed E-state index contributed by atoms with van der Waals surface area (Å²) in [5.41, 5.74) is 0. The molecular formula is C12H19N3O2. The van der Waals surface area contributed by atoms with Crippen molar-refractivity contribution in [2.24, 2.45) is 0 Å². The number of rotatable bonds is 5. The first-order valence-corrected chi connectivity index (χ1v) is 6.24. The molecular weight excluding hydrogens is 218 g/mol. The van der Waals surface area contributed by atoms with Crippen LogP contribution in [0.4, 0.5) is 0 Å². The number of nitrogens with zero attached hydrogens (tertiary/aromatic N) is 1. The minimum absolute atomic E-state index is 0.0316. The fourth-order valence-electron chi connectivity index (χ4n) is 1.96. The molecule has 1 aliphatic rings. The average Bonchev–Trinajstić information content (AvgIpc) is 2.88. The lowest BCUT2D eigenvalue weighted by Gasteiger charge is -2.21. The van der Waals surface area contributed by atoms with E-state index in [1.54, 1.807) is 6.20 Å². The number of ether oxygens (including phenoxy) is 1. The summed E-state index contributed by atoms with van der Waals surface area (Å²) in [5.74, 6) is 0.998. The largest absolute Gasteiger partial charge is 0.368 e. The summed E-state index contributed by atoms with van der Waals surface area (Å²) in [6.45, 7) is 1.39. The molecule has 0 saturated carbocycles. The van der Waals surface area contributed by atoms with Gasteiger partial charge in [0.25, 0.3) is 0 Å². The summed E-state index contributed by atoms with van der Waals surface area (Å²) in [4.78, 5) is 18.9. The Bertz CT molecular complexity index is 332. The first kappa shape index (κ1) is 12.1. The molecule has 1 saturated heterocycles. The monoisotopic (exact) mass is 237 g/mol. The van der Waals surface area contributed by atoms with Crippen LogP contribution in [0.2, 0.25) is 0 Å². The Morgan fingerprint density at radius 2 is 2.53 bits per heavy atom. The molecule has 1 unspecified atom stereocenters. The minimum atomic E-state index is -0.229. The van der Waals surface area contributed by atoms with Gasteiger partial charge in [0.2, 0.25) is 5.91 Å². The van der Waals surface area contributed by atoms with Crippen molar-refractivity contribution in [3.05, 3.63) is 18.2 Å². The lowest BCUT2D eigenvalue weighted by Crippen LogP contribution is -2.38. The lowest BCUT2D eigenvalue weighted by atomic mass is 10.1. The van der Waals surface area contributed by atoms with Crippen molar-refractivity contribution in [2.45, 2.75) is 38.2 Å². The highest BCUT2D eigenvalue weighted by atomic mass is 16.5. The minimum Gasteiger partial charge on any atom is -0.368 e. The molecule has 0 bridgehead atoms. The van der Waals surface area contributed by atoms with Gasteiger partial charge in [-0.1, -0.05) is 0 Å². The van der Waals surface area contributed by atoms with Crippen molar-refractivity contribution >= 4 is 5.91 Å². The first-order valence-electron chi connectivity index (χ1n) is 6.24. The smallest absolute Gasteiger partial charge is 0.249 e. The standard InChI is InChI=1S/C12H19N3O2/c16-12(10-4-1-2-9-17-10)15-6-3-5-11-13-7-8-14-11/h7-8,10H,1-6,9H2,(H,13,14)(H,15,16). The number of imidazole rings is 1. The molecule has 0 aliphatic carbocycles. The fraction of sp³-hybridized carbons (Fsp3) is 0.667. The van der Waals surface area contributed by atoms with E-state index < -0.39 is 0 Å². The number of aryl methyl sites for hydroxylation is 1. The summed E-state index contributed by atoms with van der Waals surface area (Å²) < 4.78 is 5.41. The van der Waals surface area contributed by atoms with E-state index in [4.69, 9.17) is 4.74 Å². The second-order valence-electron chi connectivity index (χ2n) is 4.29. The van der Waals surface area contributed by atoms with E-state index in [1.165, 1.54) is 0 Å². The van der Waals surface area contributed by atoms with Gasteiger partial charge in [-0.15, -0.1) is 0 Å². The quantitative estimate of drug-likeness (QED) is 0.752. The van der Waals surface area contributed by atoms with Crippen molar-refractivity contribution in [3.63, 3.8) is 0 Å². The second kappa shape index (κ2) is 6.39. The van der Waals surface area contributed by atoms with E-state index in [9.17, 15) is 4.79 Å². The third kappa shape index (κ3) is 3.85. The number of aromatic amines is 1. The van der Waals surface area contributed by atoms with E-state index in [-0.39, 0.29) is 12.0 Å². The van der Waals surface area contributed by atoms with Crippen LogP contribution in [0.1, 0.15) is 31.5 Å². The third-order valence-corrected chi connectivity index (χ3v) is 2.92.